The molecule has 82 valence electrons. The minimum atomic E-state index is -0.505. The highest BCUT2D eigenvalue weighted by atomic mass is 16.3. The van der Waals surface area contributed by atoms with Crippen LogP contribution in [0.3, 0.4) is 0 Å². The van der Waals surface area contributed by atoms with Crippen LogP contribution in [0.4, 0.5) is 0 Å². The highest BCUT2D eigenvalue weighted by Gasteiger charge is 2.30. The summed E-state index contributed by atoms with van der Waals surface area (Å²) in [6.07, 6.45) is 0.457. The zero-order chi connectivity index (χ0) is 11.6. The topological polar surface area (TPSA) is 74.6 Å². The van der Waals surface area contributed by atoms with E-state index in [9.17, 15) is 9.59 Å². The third-order valence-corrected chi connectivity index (χ3v) is 2.65. The van der Waals surface area contributed by atoms with Gasteiger partial charge in [-0.15, -0.1) is 0 Å². The second kappa shape index (κ2) is 4.51. The lowest BCUT2D eigenvalue weighted by atomic mass is 9.84. The Bertz CT molecular complexity index is 374. The van der Waals surface area contributed by atoms with E-state index in [2.05, 4.69) is 0 Å². The summed E-state index contributed by atoms with van der Waals surface area (Å²) in [5, 5.41) is 18.0. The molecule has 0 amide bonds. The van der Waals surface area contributed by atoms with E-state index in [1.54, 1.807) is 13.8 Å². The molecular weight excluding hydrogens is 196 g/mol. The molecule has 2 N–H and O–H groups in total. The minimum absolute atomic E-state index is 0.0252. The first-order valence-corrected chi connectivity index (χ1v) is 4.81. The van der Waals surface area contributed by atoms with Crippen molar-refractivity contribution in [3.8, 4) is 0 Å². The third kappa shape index (κ3) is 1.78. The van der Waals surface area contributed by atoms with E-state index in [0.717, 1.165) is 0 Å². The summed E-state index contributed by atoms with van der Waals surface area (Å²) in [7, 11) is 0. The van der Waals surface area contributed by atoms with Crippen LogP contribution in [0.15, 0.2) is 22.3 Å². The van der Waals surface area contributed by atoms with Crippen LogP contribution < -0.4 is 0 Å². The maximum Gasteiger partial charge on any atom is 0.188 e. The normalized spacial score (nSPS) is 17.9. The van der Waals surface area contributed by atoms with Crippen LogP contribution in [0.25, 0.3) is 0 Å². The molecule has 0 unspecified atom stereocenters. The summed E-state index contributed by atoms with van der Waals surface area (Å²) >= 11 is 0. The number of Topliss-reactive ketones (excluding diaryl/α,β-unsaturated/α-hetero) is 2. The summed E-state index contributed by atoms with van der Waals surface area (Å²) in [6, 6.07) is 0. The zero-order valence-corrected chi connectivity index (χ0v) is 8.83. The highest BCUT2D eigenvalue weighted by molar-refractivity contribution is 6.25. The standard InChI is InChI=1S/C11H14O4/c1-3-7-6(2)10(14)8(4-12)9(5-13)11(7)15/h12-13H,3-5H2,1-2H3. The van der Waals surface area contributed by atoms with E-state index < -0.39 is 13.2 Å². The van der Waals surface area contributed by atoms with Gasteiger partial charge in [0.15, 0.2) is 11.6 Å². The summed E-state index contributed by atoms with van der Waals surface area (Å²) in [5.74, 6) is -0.654. The van der Waals surface area contributed by atoms with Gasteiger partial charge < -0.3 is 10.2 Å². The molecule has 0 fully saturated rings. The lowest BCUT2D eigenvalue weighted by Crippen LogP contribution is -2.26. The Morgan fingerprint density at radius 3 is 1.80 bits per heavy atom. The van der Waals surface area contributed by atoms with Gasteiger partial charge in [0.25, 0.3) is 0 Å². The molecule has 0 saturated heterocycles. The van der Waals surface area contributed by atoms with E-state index >= 15 is 0 Å². The molecule has 1 rings (SSSR count). The van der Waals surface area contributed by atoms with Crippen LogP contribution in [-0.2, 0) is 9.59 Å². The fraction of sp³-hybridized carbons (Fsp3) is 0.455. The quantitative estimate of drug-likeness (QED) is 0.650. The maximum absolute atomic E-state index is 11.8. The molecule has 0 aliphatic heterocycles. The average molecular weight is 210 g/mol. The Kier molecular flexibility index (Phi) is 3.55. The van der Waals surface area contributed by atoms with Crippen molar-refractivity contribution >= 4 is 11.6 Å². The fourth-order valence-electron chi connectivity index (χ4n) is 1.75. The molecule has 4 heteroatoms. The number of carbonyl (C=O) groups is 2. The maximum atomic E-state index is 11.8. The Hall–Kier alpha value is -1.26. The smallest absolute Gasteiger partial charge is 0.188 e. The third-order valence-electron chi connectivity index (χ3n) is 2.65. The molecular formula is C11H14O4. The van der Waals surface area contributed by atoms with Crippen molar-refractivity contribution in [1.82, 2.24) is 0 Å². The molecule has 0 saturated carbocycles. The van der Waals surface area contributed by atoms with Crippen molar-refractivity contribution in [1.29, 1.82) is 0 Å². The van der Waals surface area contributed by atoms with Gasteiger partial charge in [0.05, 0.1) is 13.2 Å². The van der Waals surface area contributed by atoms with Gasteiger partial charge in [-0.05, 0) is 13.3 Å². The van der Waals surface area contributed by atoms with Gasteiger partial charge in [-0.3, -0.25) is 9.59 Å². The molecule has 0 radical (unpaired) electrons. The number of aliphatic hydroxyl groups is 2. The van der Waals surface area contributed by atoms with Crippen LogP contribution in [-0.4, -0.2) is 35.0 Å². The molecule has 1 aliphatic carbocycles. The fourth-order valence-corrected chi connectivity index (χ4v) is 1.75. The molecule has 0 aromatic rings. The molecule has 0 spiro atoms. The van der Waals surface area contributed by atoms with Gasteiger partial charge in [-0.2, -0.15) is 0 Å². The van der Waals surface area contributed by atoms with Crippen LogP contribution in [0.2, 0.25) is 0 Å². The van der Waals surface area contributed by atoms with Gasteiger partial charge in [0.2, 0.25) is 0 Å². The minimum Gasteiger partial charge on any atom is -0.392 e. The van der Waals surface area contributed by atoms with E-state index in [0.29, 0.717) is 17.6 Å². The van der Waals surface area contributed by atoms with Crippen molar-refractivity contribution in [2.75, 3.05) is 13.2 Å². The van der Waals surface area contributed by atoms with E-state index in [1.165, 1.54) is 0 Å². The number of hydrogen-bond donors (Lipinski definition) is 2. The van der Waals surface area contributed by atoms with Gasteiger partial charge in [0.1, 0.15) is 0 Å². The number of aliphatic hydroxyl groups excluding tert-OH is 2. The van der Waals surface area contributed by atoms with Crippen LogP contribution in [0, 0.1) is 0 Å². The summed E-state index contributed by atoms with van der Waals surface area (Å²) in [5.41, 5.74) is 0.868. The number of allylic oxidation sites excluding steroid dienone is 2. The molecule has 0 aromatic carbocycles. The predicted octanol–water partition coefficient (Wildman–Crippen LogP) is 0.146. The predicted molar refractivity (Wildman–Crippen MR) is 54.2 cm³/mol. The second-order valence-electron chi connectivity index (χ2n) is 3.39. The first kappa shape index (κ1) is 11.8. The molecule has 0 atom stereocenters. The van der Waals surface area contributed by atoms with E-state index in [4.69, 9.17) is 10.2 Å². The van der Waals surface area contributed by atoms with Crippen molar-refractivity contribution in [2.45, 2.75) is 20.3 Å². The number of ketones is 2. The average Bonchev–Trinajstić information content (AvgIpc) is 2.23. The van der Waals surface area contributed by atoms with Crippen molar-refractivity contribution in [2.24, 2.45) is 0 Å². The van der Waals surface area contributed by atoms with Gasteiger partial charge in [0, 0.05) is 22.3 Å². The van der Waals surface area contributed by atoms with Crippen LogP contribution in [0.1, 0.15) is 20.3 Å². The van der Waals surface area contributed by atoms with E-state index in [-0.39, 0.29) is 22.7 Å². The molecule has 1 aliphatic rings. The van der Waals surface area contributed by atoms with Gasteiger partial charge >= 0.3 is 0 Å². The van der Waals surface area contributed by atoms with E-state index in [1.807, 2.05) is 0 Å². The van der Waals surface area contributed by atoms with Crippen LogP contribution >= 0.6 is 0 Å². The van der Waals surface area contributed by atoms with Crippen molar-refractivity contribution in [3.63, 3.8) is 0 Å². The number of rotatable bonds is 3. The lowest BCUT2D eigenvalue weighted by Gasteiger charge is -2.19. The Labute approximate surface area is 87.9 Å². The lowest BCUT2D eigenvalue weighted by molar-refractivity contribution is -0.117. The summed E-state index contributed by atoms with van der Waals surface area (Å²) in [6.45, 7) is 2.35. The zero-order valence-electron chi connectivity index (χ0n) is 8.83. The van der Waals surface area contributed by atoms with Crippen molar-refractivity contribution < 1.29 is 19.8 Å². The van der Waals surface area contributed by atoms with Crippen LogP contribution in [0.5, 0.6) is 0 Å². The number of hydrogen-bond acceptors (Lipinski definition) is 4. The number of carbonyl (C=O) groups excluding carboxylic acids is 2. The molecule has 0 heterocycles. The summed E-state index contributed by atoms with van der Waals surface area (Å²) in [4.78, 5) is 23.5. The summed E-state index contributed by atoms with van der Waals surface area (Å²) < 4.78 is 0. The molecule has 4 nitrogen and oxygen atoms in total. The van der Waals surface area contributed by atoms with Gasteiger partial charge in [-0.1, -0.05) is 6.92 Å². The first-order valence-electron chi connectivity index (χ1n) is 4.81. The first-order chi connectivity index (χ1) is 7.08. The monoisotopic (exact) mass is 210 g/mol. The molecule has 0 bridgehead atoms. The molecule has 0 aromatic heterocycles. The SMILES string of the molecule is CCC1=C(C)C(=O)C(CO)=C(CO)C1=O. The van der Waals surface area contributed by atoms with Crippen molar-refractivity contribution in [3.05, 3.63) is 22.3 Å². The van der Waals surface area contributed by atoms with Gasteiger partial charge in [-0.25, -0.2) is 0 Å². The Balaban J connectivity index is 3.31. The second-order valence-corrected chi connectivity index (χ2v) is 3.39. The Morgan fingerprint density at radius 1 is 0.933 bits per heavy atom. The Morgan fingerprint density at radius 2 is 1.40 bits per heavy atom. The molecule has 15 heavy (non-hydrogen) atoms. The largest absolute Gasteiger partial charge is 0.392 e. The highest BCUT2D eigenvalue weighted by Crippen LogP contribution is 2.25.